The number of nitrogens with zero attached hydrogens (tertiary/aromatic N) is 3. The number of aromatic nitrogens is 2. The van der Waals surface area contributed by atoms with Gasteiger partial charge in [0.05, 0.1) is 0 Å². The Morgan fingerprint density at radius 2 is 1.67 bits per heavy atom. The first-order valence-electron chi connectivity index (χ1n) is 10.6. The molecule has 0 bridgehead atoms. The van der Waals surface area contributed by atoms with Crippen molar-refractivity contribution in [2.24, 2.45) is 0 Å². The quantitative estimate of drug-likeness (QED) is 0.455. The highest BCUT2D eigenvalue weighted by atomic mass is 16.5. The molecule has 0 fully saturated rings. The first-order valence-corrected chi connectivity index (χ1v) is 10.6. The number of hydrogen-bond acceptors (Lipinski definition) is 4. The maximum atomic E-state index is 12.5. The zero-order valence-corrected chi connectivity index (χ0v) is 18.7. The lowest BCUT2D eigenvalue weighted by Gasteiger charge is -2.23. The normalized spacial score (nSPS) is 11.3. The van der Waals surface area contributed by atoms with Crippen LogP contribution in [0.25, 0.3) is 11.1 Å². The van der Waals surface area contributed by atoms with Crippen LogP contribution in [0.5, 0.6) is 5.75 Å². The van der Waals surface area contributed by atoms with Crippen LogP contribution >= 0.6 is 0 Å². The van der Waals surface area contributed by atoms with E-state index in [0.29, 0.717) is 18.8 Å². The summed E-state index contributed by atoms with van der Waals surface area (Å²) in [5, 5.41) is 6.93. The number of rotatable bonds is 11. The molecule has 7 nitrogen and oxygen atoms in total. The van der Waals surface area contributed by atoms with Crippen molar-refractivity contribution < 1.29 is 14.3 Å². The molecule has 0 spiro atoms. The predicted molar refractivity (Wildman–Crippen MR) is 129 cm³/mol. The van der Waals surface area contributed by atoms with Crippen LogP contribution in [0.3, 0.4) is 0 Å². The van der Waals surface area contributed by atoms with Gasteiger partial charge in [-0.3, -0.25) is 9.59 Å². The van der Waals surface area contributed by atoms with Crippen molar-refractivity contribution in [2.75, 3.05) is 13.1 Å². The molecule has 0 radical (unpaired) electrons. The van der Waals surface area contributed by atoms with Crippen LogP contribution in [0, 0.1) is 0 Å². The van der Waals surface area contributed by atoms with E-state index in [4.69, 9.17) is 4.74 Å². The number of nitrogens with one attached hydrogen (secondary N) is 1. The minimum atomic E-state index is -0.707. The van der Waals surface area contributed by atoms with E-state index in [9.17, 15) is 9.59 Å². The molecule has 0 aliphatic rings. The summed E-state index contributed by atoms with van der Waals surface area (Å²) in [6, 6.07) is 18.7. The molecule has 1 aromatic heterocycles. The Morgan fingerprint density at radius 1 is 1.03 bits per heavy atom. The number of amides is 2. The Morgan fingerprint density at radius 3 is 2.30 bits per heavy atom. The lowest BCUT2D eigenvalue weighted by molar-refractivity contribution is -0.131. The molecule has 3 aromatic rings. The van der Waals surface area contributed by atoms with Gasteiger partial charge in [0.25, 0.3) is 5.91 Å². The fourth-order valence-electron chi connectivity index (χ4n) is 3.24. The predicted octanol–water partition coefficient (Wildman–Crippen LogP) is 3.91. The van der Waals surface area contributed by atoms with Gasteiger partial charge in [-0.25, -0.2) is 4.68 Å². The number of hydrogen-bond donors (Lipinski definition) is 1. The van der Waals surface area contributed by atoms with Gasteiger partial charge in [0, 0.05) is 19.3 Å². The van der Waals surface area contributed by atoms with Gasteiger partial charge in [-0.15, -0.1) is 13.2 Å². The average Bonchev–Trinajstić information content (AvgIpc) is 3.32. The van der Waals surface area contributed by atoms with Gasteiger partial charge in [0.15, 0.2) is 6.73 Å². The number of carbonyl (C=O) groups is 2. The zero-order valence-electron chi connectivity index (χ0n) is 18.7. The highest BCUT2D eigenvalue weighted by Gasteiger charge is 2.22. The first kappa shape index (κ1) is 23.5. The Hall–Kier alpha value is -4.13. The van der Waals surface area contributed by atoms with E-state index in [0.717, 1.165) is 11.1 Å². The van der Waals surface area contributed by atoms with Crippen molar-refractivity contribution in [3.05, 3.63) is 97.9 Å². The summed E-state index contributed by atoms with van der Waals surface area (Å²) in [6.45, 7) is 9.85. The topological polar surface area (TPSA) is 76.5 Å². The fraction of sp³-hybridized carbons (Fsp3) is 0.192. The SMILES string of the molecule is C=CCN(CC=C)C(=O)C(C)NC(=O)c1ccn(COc2ccc(-c3ccccc3)cc2)n1. The first-order chi connectivity index (χ1) is 16.0. The molecule has 0 saturated carbocycles. The minimum Gasteiger partial charge on any atom is -0.471 e. The molecular weight excluding hydrogens is 416 g/mol. The maximum Gasteiger partial charge on any atom is 0.272 e. The van der Waals surface area contributed by atoms with Crippen LogP contribution in [0.1, 0.15) is 17.4 Å². The van der Waals surface area contributed by atoms with E-state index in [1.807, 2.05) is 42.5 Å². The van der Waals surface area contributed by atoms with Gasteiger partial charge in [-0.1, -0.05) is 54.6 Å². The summed E-state index contributed by atoms with van der Waals surface area (Å²) in [4.78, 5) is 26.6. The molecule has 1 heterocycles. The second-order valence-corrected chi connectivity index (χ2v) is 7.42. The van der Waals surface area contributed by atoms with Gasteiger partial charge in [-0.05, 0) is 36.2 Å². The highest BCUT2D eigenvalue weighted by molar-refractivity contribution is 5.95. The van der Waals surface area contributed by atoms with E-state index in [1.165, 1.54) is 4.68 Å². The number of carbonyl (C=O) groups excluding carboxylic acids is 2. The van der Waals surface area contributed by atoms with Crippen molar-refractivity contribution in [2.45, 2.75) is 19.7 Å². The summed E-state index contributed by atoms with van der Waals surface area (Å²) in [5.74, 6) is 0.0452. The molecule has 0 aliphatic carbocycles. The van der Waals surface area contributed by atoms with Crippen LogP contribution in [0.15, 0.2) is 92.2 Å². The number of benzene rings is 2. The standard InChI is InChI=1S/C26H28N4O3/c1-4-16-29(17-5-2)26(32)20(3)27-25(31)24-15-18-30(28-24)19-33-23-13-11-22(12-14-23)21-9-7-6-8-10-21/h4-15,18,20H,1-2,16-17,19H2,3H3,(H,27,31). The third-order valence-electron chi connectivity index (χ3n) is 4.93. The maximum absolute atomic E-state index is 12.5. The molecule has 0 aliphatic heterocycles. The summed E-state index contributed by atoms with van der Waals surface area (Å²) < 4.78 is 7.29. The Balaban J connectivity index is 1.54. The van der Waals surface area contributed by atoms with Gasteiger partial charge >= 0.3 is 0 Å². The molecule has 7 heteroatoms. The largest absolute Gasteiger partial charge is 0.471 e. The Bertz CT molecular complexity index is 1080. The Labute approximate surface area is 194 Å². The molecule has 0 saturated heterocycles. The third kappa shape index (κ3) is 6.43. The summed E-state index contributed by atoms with van der Waals surface area (Å²) in [7, 11) is 0. The summed E-state index contributed by atoms with van der Waals surface area (Å²) in [6.07, 6.45) is 4.92. The molecule has 170 valence electrons. The van der Waals surface area contributed by atoms with Crippen LogP contribution in [0.2, 0.25) is 0 Å². The van der Waals surface area contributed by atoms with Crippen molar-refractivity contribution in [3.63, 3.8) is 0 Å². The second-order valence-electron chi connectivity index (χ2n) is 7.42. The molecule has 1 atom stereocenters. The third-order valence-corrected chi connectivity index (χ3v) is 4.93. The van der Waals surface area contributed by atoms with E-state index >= 15 is 0 Å². The van der Waals surface area contributed by atoms with E-state index in [1.54, 1.807) is 36.2 Å². The van der Waals surface area contributed by atoms with Crippen LogP contribution in [0.4, 0.5) is 0 Å². The van der Waals surface area contributed by atoms with E-state index in [-0.39, 0.29) is 18.3 Å². The molecule has 1 unspecified atom stereocenters. The molecular formula is C26H28N4O3. The van der Waals surface area contributed by atoms with Crippen molar-refractivity contribution in [1.29, 1.82) is 0 Å². The lowest BCUT2D eigenvalue weighted by Crippen LogP contribution is -2.47. The molecule has 3 rings (SSSR count). The monoisotopic (exact) mass is 444 g/mol. The van der Waals surface area contributed by atoms with Crippen LogP contribution in [-0.2, 0) is 11.5 Å². The molecule has 2 amide bonds. The highest BCUT2D eigenvalue weighted by Crippen LogP contribution is 2.22. The van der Waals surface area contributed by atoms with Crippen molar-refractivity contribution in [1.82, 2.24) is 20.0 Å². The zero-order chi connectivity index (χ0) is 23.6. The van der Waals surface area contributed by atoms with Crippen molar-refractivity contribution in [3.8, 4) is 16.9 Å². The lowest BCUT2D eigenvalue weighted by atomic mass is 10.1. The van der Waals surface area contributed by atoms with Crippen LogP contribution in [-0.4, -0.2) is 45.6 Å². The average molecular weight is 445 g/mol. The molecule has 2 aromatic carbocycles. The van der Waals surface area contributed by atoms with Gasteiger partial charge in [-0.2, -0.15) is 5.10 Å². The van der Waals surface area contributed by atoms with E-state index in [2.05, 4.69) is 35.7 Å². The van der Waals surface area contributed by atoms with Gasteiger partial charge in [0.2, 0.25) is 5.91 Å². The van der Waals surface area contributed by atoms with Gasteiger partial charge in [0.1, 0.15) is 17.5 Å². The second kappa shape index (κ2) is 11.5. The van der Waals surface area contributed by atoms with Crippen LogP contribution < -0.4 is 10.1 Å². The summed E-state index contributed by atoms with van der Waals surface area (Å²) in [5.41, 5.74) is 2.44. The van der Waals surface area contributed by atoms with E-state index < -0.39 is 11.9 Å². The molecule has 1 N–H and O–H groups in total. The number of ether oxygens (including phenoxy) is 1. The van der Waals surface area contributed by atoms with Crippen molar-refractivity contribution >= 4 is 11.8 Å². The van der Waals surface area contributed by atoms with Gasteiger partial charge < -0.3 is 15.0 Å². The Kier molecular flexibility index (Phi) is 8.18. The minimum absolute atomic E-state index is 0.152. The smallest absolute Gasteiger partial charge is 0.272 e. The molecule has 33 heavy (non-hydrogen) atoms. The summed E-state index contributed by atoms with van der Waals surface area (Å²) >= 11 is 0. The fourth-order valence-corrected chi connectivity index (χ4v) is 3.24.